The molecule has 1 aliphatic rings. The van der Waals surface area contributed by atoms with Crippen molar-refractivity contribution in [3.8, 4) is 0 Å². The van der Waals surface area contributed by atoms with E-state index in [0.29, 0.717) is 11.5 Å². The molecule has 0 bridgehead atoms. The van der Waals surface area contributed by atoms with Crippen LogP contribution in [0.4, 0.5) is 17.3 Å². The summed E-state index contributed by atoms with van der Waals surface area (Å²) in [5.74, 6) is 0.481. The number of hydrogen-bond acceptors (Lipinski definition) is 5. The van der Waals surface area contributed by atoms with Gasteiger partial charge in [-0.05, 0) is 30.2 Å². The maximum Gasteiger partial charge on any atom is 0.258 e. The zero-order chi connectivity index (χ0) is 20.1. The smallest absolute Gasteiger partial charge is 0.258 e. The third-order valence-electron chi connectivity index (χ3n) is 5.23. The summed E-state index contributed by atoms with van der Waals surface area (Å²) in [6.07, 6.45) is 4.08. The number of piperazine rings is 1. The normalized spacial score (nSPS) is 14.0. The fourth-order valence-electron chi connectivity index (χ4n) is 3.55. The number of aromatic nitrogens is 2. The number of anilines is 3. The molecule has 0 spiro atoms. The highest BCUT2D eigenvalue weighted by molar-refractivity contribution is 6.04. The van der Waals surface area contributed by atoms with E-state index >= 15 is 0 Å². The second-order valence-corrected chi connectivity index (χ2v) is 7.05. The van der Waals surface area contributed by atoms with Crippen molar-refractivity contribution >= 4 is 23.2 Å². The zero-order valence-electron chi connectivity index (χ0n) is 16.6. The van der Waals surface area contributed by atoms with Gasteiger partial charge in [-0.25, -0.2) is 9.97 Å². The van der Waals surface area contributed by atoms with Crippen LogP contribution in [0, 0.1) is 0 Å². The van der Waals surface area contributed by atoms with E-state index in [-0.39, 0.29) is 5.91 Å². The van der Waals surface area contributed by atoms with Gasteiger partial charge in [0, 0.05) is 49.9 Å². The minimum Gasteiger partial charge on any atom is -0.368 e. The highest BCUT2D eigenvalue weighted by atomic mass is 16.1. The number of nitrogens with zero attached hydrogens (tertiary/aromatic N) is 4. The summed E-state index contributed by atoms with van der Waals surface area (Å²) in [4.78, 5) is 26.0. The van der Waals surface area contributed by atoms with Gasteiger partial charge in [-0.3, -0.25) is 4.79 Å². The number of carbonyl (C=O) groups excluding carboxylic acids is 1. The molecule has 6 heteroatoms. The predicted molar refractivity (Wildman–Crippen MR) is 117 cm³/mol. The van der Waals surface area contributed by atoms with Crippen molar-refractivity contribution < 1.29 is 4.79 Å². The number of carbonyl (C=O) groups is 1. The van der Waals surface area contributed by atoms with Crippen molar-refractivity contribution in [2.24, 2.45) is 0 Å². The highest BCUT2D eigenvalue weighted by Gasteiger charge is 2.19. The maximum atomic E-state index is 12.6. The molecule has 0 atom stereocenters. The van der Waals surface area contributed by atoms with Gasteiger partial charge < -0.3 is 15.1 Å². The Morgan fingerprint density at radius 1 is 0.897 bits per heavy atom. The second-order valence-electron chi connectivity index (χ2n) is 7.05. The standard InChI is InChI=1S/C23H25N5O/c1-2-18-8-6-7-11-21(18)26-22(29)19-16-24-23(25-17-19)28-14-12-27(13-15-28)20-9-4-3-5-10-20/h3-11,16-17H,2,12-15H2,1H3,(H,26,29). The summed E-state index contributed by atoms with van der Waals surface area (Å²) in [5, 5.41) is 2.96. The molecule has 4 rings (SSSR count). The third kappa shape index (κ3) is 4.37. The van der Waals surface area contributed by atoms with Gasteiger partial charge in [-0.15, -0.1) is 0 Å². The third-order valence-corrected chi connectivity index (χ3v) is 5.23. The summed E-state index contributed by atoms with van der Waals surface area (Å²) < 4.78 is 0. The Bertz CT molecular complexity index is 951. The molecule has 148 valence electrons. The molecule has 1 N–H and O–H groups in total. The number of nitrogens with one attached hydrogen (secondary N) is 1. The zero-order valence-corrected chi connectivity index (χ0v) is 16.6. The summed E-state index contributed by atoms with van der Waals surface area (Å²) in [6, 6.07) is 18.3. The highest BCUT2D eigenvalue weighted by Crippen LogP contribution is 2.19. The van der Waals surface area contributed by atoms with Crippen molar-refractivity contribution in [3.63, 3.8) is 0 Å². The van der Waals surface area contributed by atoms with Crippen LogP contribution in [0.25, 0.3) is 0 Å². The van der Waals surface area contributed by atoms with Gasteiger partial charge in [0.15, 0.2) is 0 Å². The molecule has 3 aromatic rings. The van der Waals surface area contributed by atoms with Crippen LogP contribution in [-0.2, 0) is 6.42 Å². The van der Waals surface area contributed by atoms with E-state index in [1.165, 1.54) is 5.69 Å². The molecule has 6 nitrogen and oxygen atoms in total. The Kier molecular flexibility index (Phi) is 5.70. The summed E-state index contributed by atoms with van der Waals surface area (Å²) >= 11 is 0. The molecule has 1 aromatic heterocycles. The van der Waals surface area contributed by atoms with Crippen LogP contribution in [0.2, 0.25) is 0 Å². The van der Waals surface area contributed by atoms with Crippen LogP contribution in [0.15, 0.2) is 67.0 Å². The van der Waals surface area contributed by atoms with E-state index < -0.39 is 0 Å². The van der Waals surface area contributed by atoms with Crippen LogP contribution in [0.1, 0.15) is 22.8 Å². The number of benzene rings is 2. The predicted octanol–water partition coefficient (Wildman–Crippen LogP) is 3.62. The first kappa shape index (κ1) is 18.9. The Hall–Kier alpha value is -3.41. The van der Waals surface area contributed by atoms with Crippen molar-refractivity contribution in [2.45, 2.75) is 13.3 Å². The van der Waals surface area contributed by atoms with Crippen molar-refractivity contribution in [1.82, 2.24) is 9.97 Å². The molecule has 29 heavy (non-hydrogen) atoms. The van der Waals surface area contributed by atoms with Crippen LogP contribution < -0.4 is 15.1 Å². The number of rotatable bonds is 5. The van der Waals surface area contributed by atoms with Crippen molar-refractivity contribution in [3.05, 3.63) is 78.1 Å². The van der Waals surface area contributed by atoms with Gasteiger partial charge in [0.25, 0.3) is 5.91 Å². The first-order chi connectivity index (χ1) is 14.2. The molecule has 0 saturated carbocycles. The van der Waals surface area contributed by atoms with Gasteiger partial charge >= 0.3 is 0 Å². The van der Waals surface area contributed by atoms with Crippen LogP contribution in [0.5, 0.6) is 0 Å². The molecule has 2 heterocycles. The van der Waals surface area contributed by atoms with E-state index in [1.807, 2.05) is 30.3 Å². The molecule has 1 aliphatic heterocycles. The lowest BCUT2D eigenvalue weighted by atomic mass is 10.1. The van der Waals surface area contributed by atoms with Crippen LogP contribution in [0.3, 0.4) is 0 Å². The molecule has 0 unspecified atom stereocenters. The van der Waals surface area contributed by atoms with E-state index in [4.69, 9.17) is 0 Å². The average Bonchev–Trinajstić information content (AvgIpc) is 2.80. The van der Waals surface area contributed by atoms with Gasteiger partial charge in [-0.1, -0.05) is 43.3 Å². The quantitative estimate of drug-likeness (QED) is 0.725. The first-order valence-corrected chi connectivity index (χ1v) is 10.0. The molecular formula is C23H25N5O. The second kappa shape index (κ2) is 8.73. The summed E-state index contributed by atoms with van der Waals surface area (Å²) in [5.41, 5.74) is 3.64. The lowest BCUT2D eigenvalue weighted by Crippen LogP contribution is -2.47. The minimum absolute atomic E-state index is 0.189. The summed E-state index contributed by atoms with van der Waals surface area (Å²) in [6.45, 7) is 5.61. The molecule has 0 radical (unpaired) electrons. The topological polar surface area (TPSA) is 61.4 Å². The first-order valence-electron chi connectivity index (χ1n) is 10.0. The van der Waals surface area contributed by atoms with E-state index in [1.54, 1.807) is 12.4 Å². The van der Waals surface area contributed by atoms with Crippen LogP contribution in [-0.4, -0.2) is 42.1 Å². The Morgan fingerprint density at radius 3 is 2.21 bits per heavy atom. The Morgan fingerprint density at radius 2 is 1.52 bits per heavy atom. The van der Waals surface area contributed by atoms with Gasteiger partial charge in [0.2, 0.25) is 5.95 Å². The fraction of sp³-hybridized carbons (Fsp3) is 0.261. The van der Waals surface area contributed by atoms with Gasteiger partial charge in [0.05, 0.1) is 5.56 Å². The number of para-hydroxylation sites is 2. The average molecular weight is 387 g/mol. The van der Waals surface area contributed by atoms with Gasteiger partial charge in [0.1, 0.15) is 0 Å². The molecule has 0 aliphatic carbocycles. The molecular weight excluding hydrogens is 362 g/mol. The fourth-order valence-corrected chi connectivity index (χ4v) is 3.55. The Labute approximate surface area is 171 Å². The maximum absolute atomic E-state index is 12.6. The van der Waals surface area contributed by atoms with E-state index in [0.717, 1.165) is 43.9 Å². The summed E-state index contributed by atoms with van der Waals surface area (Å²) in [7, 11) is 0. The molecule has 1 amide bonds. The SMILES string of the molecule is CCc1ccccc1NC(=O)c1cnc(N2CCN(c3ccccc3)CC2)nc1. The lowest BCUT2D eigenvalue weighted by molar-refractivity contribution is 0.102. The molecule has 1 fully saturated rings. The lowest BCUT2D eigenvalue weighted by Gasteiger charge is -2.36. The van der Waals surface area contributed by atoms with E-state index in [9.17, 15) is 4.79 Å². The number of hydrogen-bond donors (Lipinski definition) is 1. The van der Waals surface area contributed by atoms with Crippen LogP contribution >= 0.6 is 0 Å². The van der Waals surface area contributed by atoms with Crippen molar-refractivity contribution in [2.75, 3.05) is 41.3 Å². The number of aryl methyl sites for hydroxylation is 1. The van der Waals surface area contributed by atoms with Gasteiger partial charge in [-0.2, -0.15) is 0 Å². The van der Waals surface area contributed by atoms with Crippen molar-refractivity contribution in [1.29, 1.82) is 0 Å². The minimum atomic E-state index is -0.189. The Balaban J connectivity index is 1.37. The number of amides is 1. The monoisotopic (exact) mass is 387 g/mol. The molecule has 2 aromatic carbocycles. The largest absolute Gasteiger partial charge is 0.368 e. The molecule has 1 saturated heterocycles. The van der Waals surface area contributed by atoms with E-state index in [2.05, 4.69) is 56.3 Å².